The average Bonchev–Trinajstić information content (AvgIpc) is 3.48. The van der Waals surface area contributed by atoms with Crippen molar-refractivity contribution in [3.8, 4) is 9.88 Å². The number of carbonyl (C=O) groups is 1. The van der Waals surface area contributed by atoms with Crippen LogP contribution in [0.3, 0.4) is 0 Å². The first-order chi connectivity index (χ1) is 16.2. The topological polar surface area (TPSA) is 70.1 Å². The number of benzene rings is 1. The van der Waals surface area contributed by atoms with Gasteiger partial charge >= 0.3 is 5.51 Å². The number of likely N-dealkylation sites (tertiary alicyclic amines) is 1. The Morgan fingerprint density at radius 2 is 2.06 bits per heavy atom. The van der Waals surface area contributed by atoms with E-state index < -0.39 is 17.7 Å². The van der Waals surface area contributed by atoms with Gasteiger partial charge in [-0.2, -0.15) is 13.2 Å². The molecule has 0 radical (unpaired) electrons. The number of anilines is 1. The molecule has 1 unspecified atom stereocenters. The predicted molar refractivity (Wildman–Crippen MR) is 127 cm³/mol. The Morgan fingerprint density at radius 3 is 2.76 bits per heavy atom. The first kappa shape index (κ1) is 23.8. The molecule has 3 aromatic rings. The fourth-order valence-electron chi connectivity index (χ4n) is 4.25. The number of rotatable bonds is 5. The van der Waals surface area contributed by atoms with Crippen molar-refractivity contribution in [3.05, 3.63) is 23.2 Å². The van der Waals surface area contributed by atoms with E-state index in [0.717, 1.165) is 6.54 Å². The van der Waals surface area contributed by atoms with Crippen molar-refractivity contribution in [2.75, 3.05) is 25.5 Å². The normalized spacial score (nSPS) is 24.0. The lowest BCUT2D eigenvalue weighted by Gasteiger charge is -2.33. The zero-order chi connectivity index (χ0) is 24.0. The van der Waals surface area contributed by atoms with Crippen LogP contribution in [0, 0.1) is 0 Å². The van der Waals surface area contributed by atoms with E-state index in [1.807, 2.05) is 11.9 Å². The summed E-state index contributed by atoms with van der Waals surface area (Å²) in [4.78, 5) is 13.9. The molecule has 3 atom stereocenters. The van der Waals surface area contributed by atoms with Gasteiger partial charge in [0.15, 0.2) is 5.01 Å². The highest BCUT2D eigenvalue weighted by molar-refractivity contribution is 8.00. The summed E-state index contributed by atoms with van der Waals surface area (Å²) < 4.78 is 55.8. The van der Waals surface area contributed by atoms with Gasteiger partial charge in [0.25, 0.3) is 0 Å². The number of nitrogens with one attached hydrogen (secondary N) is 2. The Morgan fingerprint density at radius 1 is 1.24 bits per heavy atom. The number of amides is 1. The lowest BCUT2D eigenvalue weighted by molar-refractivity contribution is -0.119. The van der Waals surface area contributed by atoms with Crippen LogP contribution in [-0.2, 0) is 4.79 Å². The van der Waals surface area contributed by atoms with E-state index >= 15 is 0 Å². The lowest BCUT2D eigenvalue weighted by atomic mass is 10.0. The van der Waals surface area contributed by atoms with Crippen molar-refractivity contribution < 1.29 is 22.4 Å². The monoisotopic (exact) mass is 531 g/mol. The number of thiophene rings is 1. The summed E-state index contributed by atoms with van der Waals surface area (Å²) in [5, 5.41) is 15.8. The summed E-state index contributed by atoms with van der Waals surface area (Å²) >= 11 is 2.21. The van der Waals surface area contributed by atoms with E-state index in [4.69, 9.17) is 0 Å². The number of thioether (sulfide) groups is 1. The highest BCUT2D eigenvalue weighted by atomic mass is 32.2. The molecule has 13 heteroatoms. The Hall–Kier alpha value is -1.96. The minimum absolute atomic E-state index is 0.0643. The van der Waals surface area contributed by atoms with Crippen LogP contribution in [0.5, 0.6) is 0 Å². The third kappa shape index (κ3) is 4.88. The number of carbonyl (C=O) groups excluding carboxylic acids is 1. The Kier molecular flexibility index (Phi) is 6.46. The van der Waals surface area contributed by atoms with Crippen LogP contribution >= 0.6 is 34.4 Å². The quantitative estimate of drug-likeness (QED) is 0.338. The van der Waals surface area contributed by atoms with Crippen molar-refractivity contribution in [2.45, 2.75) is 47.9 Å². The highest BCUT2D eigenvalue weighted by Gasteiger charge is 2.35. The van der Waals surface area contributed by atoms with E-state index in [2.05, 4.69) is 20.8 Å². The maximum atomic E-state index is 14.6. The lowest BCUT2D eigenvalue weighted by Crippen LogP contribution is -2.46. The Labute approximate surface area is 205 Å². The number of alkyl halides is 4. The van der Waals surface area contributed by atoms with Gasteiger partial charge in [0.1, 0.15) is 11.2 Å². The van der Waals surface area contributed by atoms with Gasteiger partial charge in [-0.3, -0.25) is 4.79 Å². The summed E-state index contributed by atoms with van der Waals surface area (Å²) in [5.74, 6) is -0.0762. The SMILES string of the molecule is CN1CC[C@@H](Nc2cccc3c(SC(F)(F)F)c(-c4nnc(C5CCC(=O)N5)s4)sc23)[C@@H](F)C1. The maximum absolute atomic E-state index is 14.6. The first-order valence-corrected chi connectivity index (χ1v) is 13.2. The van der Waals surface area contributed by atoms with E-state index in [-0.39, 0.29) is 28.6 Å². The number of halogens is 4. The minimum atomic E-state index is -4.49. The van der Waals surface area contributed by atoms with E-state index in [1.54, 1.807) is 18.2 Å². The van der Waals surface area contributed by atoms with E-state index in [9.17, 15) is 22.4 Å². The summed E-state index contributed by atoms with van der Waals surface area (Å²) in [6.07, 6.45) is 0.492. The van der Waals surface area contributed by atoms with Crippen molar-refractivity contribution in [1.29, 1.82) is 0 Å². The van der Waals surface area contributed by atoms with Gasteiger partial charge in [-0.25, -0.2) is 4.39 Å². The van der Waals surface area contributed by atoms with Gasteiger partial charge in [0.05, 0.1) is 27.3 Å². The molecule has 1 aromatic carbocycles. The molecule has 5 rings (SSSR count). The summed E-state index contributed by atoms with van der Waals surface area (Å²) in [5.41, 5.74) is -3.88. The molecule has 0 bridgehead atoms. The van der Waals surface area contributed by atoms with E-state index in [1.165, 1.54) is 22.7 Å². The highest BCUT2D eigenvalue weighted by Crippen LogP contribution is 2.52. The molecule has 182 valence electrons. The fourth-order valence-corrected chi connectivity index (χ4v) is 7.51. The molecule has 1 amide bonds. The van der Waals surface area contributed by atoms with Gasteiger partial charge in [-0.1, -0.05) is 23.5 Å². The second kappa shape index (κ2) is 9.25. The number of hydrogen-bond acceptors (Lipinski definition) is 8. The largest absolute Gasteiger partial charge is 0.446 e. The number of piperidine rings is 1. The van der Waals surface area contributed by atoms with Crippen LogP contribution in [0.1, 0.15) is 30.3 Å². The third-order valence-corrected chi connectivity index (χ3v) is 9.32. The molecule has 2 saturated heterocycles. The van der Waals surface area contributed by atoms with Gasteiger partial charge in [0, 0.05) is 29.8 Å². The molecular weight excluding hydrogens is 510 g/mol. The molecule has 0 aliphatic carbocycles. The number of hydrogen-bond donors (Lipinski definition) is 2. The Balaban J connectivity index is 1.53. The molecule has 0 saturated carbocycles. The minimum Gasteiger partial charge on any atom is -0.378 e. The molecule has 2 N–H and O–H groups in total. The second-order valence-electron chi connectivity index (χ2n) is 8.41. The van der Waals surface area contributed by atoms with Gasteiger partial charge < -0.3 is 15.5 Å². The zero-order valence-electron chi connectivity index (χ0n) is 18.0. The molecule has 2 fully saturated rings. The fraction of sp³-hybridized carbons (Fsp3) is 0.476. The van der Waals surface area contributed by atoms with Crippen LogP contribution < -0.4 is 10.6 Å². The molecule has 2 aliphatic rings. The van der Waals surface area contributed by atoms with Crippen LogP contribution in [0.4, 0.5) is 23.2 Å². The molecule has 0 spiro atoms. The molecule has 2 aromatic heterocycles. The van der Waals surface area contributed by atoms with Gasteiger partial charge in [0.2, 0.25) is 5.91 Å². The number of aromatic nitrogens is 2. The van der Waals surface area contributed by atoms with E-state index in [0.29, 0.717) is 56.5 Å². The molecular formula is C21H21F4N5OS3. The third-order valence-electron chi connectivity index (χ3n) is 5.90. The maximum Gasteiger partial charge on any atom is 0.446 e. The smallest absolute Gasteiger partial charge is 0.378 e. The van der Waals surface area contributed by atoms with Crippen LogP contribution in [0.25, 0.3) is 20.0 Å². The summed E-state index contributed by atoms with van der Waals surface area (Å²) in [6, 6.07) is 4.42. The van der Waals surface area contributed by atoms with Crippen molar-refractivity contribution in [3.63, 3.8) is 0 Å². The van der Waals surface area contributed by atoms with Crippen LogP contribution in [0.2, 0.25) is 0 Å². The predicted octanol–water partition coefficient (Wildman–Crippen LogP) is 5.44. The van der Waals surface area contributed by atoms with Gasteiger partial charge in [-0.05, 0) is 37.7 Å². The molecule has 4 heterocycles. The zero-order valence-corrected chi connectivity index (χ0v) is 20.4. The molecule has 6 nitrogen and oxygen atoms in total. The summed E-state index contributed by atoms with van der Waals surface area (Å²) in [6.45, 7) is 1.05. The van der Waals surface area contributed by atoms with Crippen LogP contribution in [0.15, 0.2) is 23.1 Å². The summed E-state index contributed by atoms with van der Waals surface area (Å²) in [7, 11) is 1.86. The standard InChI is InChI=1S/C21H21F4N5OS3/c1-30-8-7-12(11(22)9-30)26-13-4-2-3-10-16(13)32-18(17(10)34-21(23,24)25)20-29-28-19(33-20)14-5-6-15(31)27-14/h2-4,11-12,14,26H,5-9H2,1H3,(H,27,31)/t11-,12+,14?/m0/s1. The molecule has 34 heavy (non-hydrogen) atoms. The van der Waals surface area contributed by atoms with Crippen LogP contribution in [-0.4, -0.2) is 58.9 Å². The first-order valence-electron chi connectivity index (χ1n) is 10.7. The second-order valence-corrected chi connectivity index (χ2v) is 11.5. The van der Waals surface area contributed by atoms with Crippen molar-refractivity contribution in [1.82, 2.24) is 20.4 Å². The number of nitrogens with zero attached hydrogens (tertiary/aromatic N) is 3. The van der Waals surface area contributed by atoms with Gasteiger partial charge in [-0.15, -0.1) is 21.5 Å². The molecule has 2 aliphatic heterocycles. The van der Waals surface area contributed by atoms with Crippen molar-refractivity contribution >= 4 is 56.1 Å². The number of fused-ring (bicyclic) bond motifs is 1. The average molecular weight is 532 g/mol. The van der Waals surface area contributed by atoms with Crippen molar-refractivity contribution in [2.24, 2.45) is 0 Å². The Bertz CT molecular complexity index is 1210.